The number of rotatable bonds is 4. The van der Waals surface area contributed by atoms with Crippen LogP contribution in [0.15, 0.2) is 17.5 Å². The van der Waals surface area contributed by atoms with Gasteiger partial charge in [-0.1, -0.05) is 6.07 Å². The van der Waals surface area contributed by atoms with E-state index < -0.39 is 0 Å². The maximum Gasteiger partial charge on any atom is 0.320 e. The van der Waals surface area contributed by atoms with E-state index >= 15 is 0 Å². The average molecular weight is 351 g/mol. The van der Waals surface area contributed by atoms with Crippen LogP contribution >= 0.6 is 11.3 Å². The van der Waals surface area contributed by atoms with E-state index in [1.807, 2.05) is 20.8 Å². The Morgan fingerprint density at radius 3 is 2.33 bits per heavy atom. The van der Waals surface area contributed by atoms with Crippen molar-refractivity contribution in [3.8, 4) is 0 Å². The number of urea groups is 1. The zero-order valence-corrected chi connectivity index (χ0v) is 14.8. The summed E-state index contributed by atoms with van der Waals surface area (Å²) in [5, 5.41) is 2.07. The van der Waals surface area contributed by atoms with E-state index in [0.29, 0.717) is 58.9 Å². The molecule has 0 N–H and O–H groups in total. The predicted molar refractivity (Wildman–Crippen MR) is 93.2 cm³/mol. The fourth-order valence-electron chi connectivity index (χ4n) is 3.13. The summed E-state index contributed by atoms with van der Waals surface area (Å²) in [5.74, 6) is 0.213. The summed E-state index contributed by atoms with van der Waals surface area (Å²) in [4.78, 5) is 31.7. The minimum atomic E-state index is 0.0862. The molecular formula is C17H25N3O3S. The van der Waals surface area contributed by atoms with Gasteiger partial charge in [-0.15, -0.1) is 11.3 Å². The molecule has 2 aliphatic rings. The Hall–Kier alpha value is -1.60. The number of nitrogens with zero attached hydrogens (tertiary/aromatic N) is 3. The third-order valence-electron chi connectivity index (χ3n) is 4.58. The molecule has 132 valence electrons. The highest BCUT2D eigenvalue weighted by molar-refractivity contribution is 7.09. The second-order valence-electron chi connectivity index (χ2n) is 6.18. The van der Waals surface area contributed by atoms with E-state index in [-0.39, 0.29) is 11.9 Å². The largest absolute Gasteiger partial charge is 0.378 e. The molecule has 0 aromatic carbocycles. The van der Waals surface area contributed by atoms with Crippen molar-refractivity contribution in [2.24, 2.45) is 0 Å². The normalized spacial score (nSPS) is 18.8. The van der Waals surface area contributed by atoms with Crippen molar-refractivity contribution >= 4 is 23.3 Å². The van der Waals surface area contributed by atoms with E-state index in [2.05, 4.69) is 11.4 Å². The van der Waals surface area contributed by atoms with Crippen molar-refractivity contribution in [2.45, 2.75) is 19.3 Å². The molecule has 0 atom stereocenters. The molecule has 2 aliphatic heterocycles. The molecule has 3 heterocycles. The molecule has 0 saturated carbocycles. The summed E-state index contributed by atoms with van der Waals surface area (Å²) in [5.41, 5.74) is 0. The lowest BCUT2D eigenvalue weighted by atomic mass is 10.2. The molecule has 3 amide bonds. The molecule has 1 aromatic heterocycles. The molecule has 3 rings (SSSR count). The molecule has 2 saturated heterocycles. The van der Waals surface area contributed by atoms with Crippen LogP contribution in [-0.4, -0.2) is 79.1 Å². The molecule has 6 nitrogen and oxygen atoms in total. The third-order valence-corrected chi connectivity index (χ3v) is 5.51. The molecule has 1 aromatic rings. The van der Waals surface area contributed by atoms with E-state index in [1.165, 1.54) is 4.88 Å². The summed E-state index contributed by atoms with van der Waals surface area (Å²) < 4.78 is 5.29. The molecular weight excluding hydrogens is 326 g/mol. The number of carbonyl (C=O) groups excluding carboxylic acids is 2. The van der Waals surface area contributed by atoms with Gasteiger partial charge in [0.1, 0.15) is 0 Å². The van der Waals surface area contributed by atoms with Crippen LogP contribution in [0.2, 0.25) is 0 Å². The Kier molecular flexibility index (Phi) is 6.09. The van der Waals surface area contributed by atoms with Gasteiger partial charge in [-0.3, -0.25) is 4.79 Å². The summed E-state index contributed by atoms with van der Waals surface area (Å²) in [6, 6.07) is 4.25. The maximum atomic E-state index is 12.4. The van der Waals surface area contributed by atoms with Crippen LogP contribution in [0.3, 0.4) is 0 Å². The van der Waals surface area contributed by atoms with Gasteiger partial charge >= 0.3 is 6.03 Å². The zero-order valence-electron chi connectivity index (χ0n) is 14.0. The smallest absolute Gasteiger partial charge is 0.320 e. The number of carbonyl (C=O) groups is 2. The molecule has 7 heteroatoms. The van der Waals surface area contributed by atoms with Gasteiger partial charge < -0.3 is 19.4 Å². The number of piperazine rings is 1. The predicted octanol–water partition coefficient (Wildman–Crippen LogP) is 1.67. The lowest BCUT2D eigenvalue weighted by Gasteiger charge is -2.38. The quantitative estimate of drug-likeness (QED) is 0.829. The number of hydrogen-bond acceptors (Lipinski definition) is 4. The number of hydrogen-bond donors (Lipinski definition) is 0. The number of ether oxygens (including phenoxy) is 1. The first-order chi connectivity index (χ1) is 11.7. The Balaban J connectivity index is 1.37. The molecule has 0 unspecified atom stereocenters. The Labute approximate surface area is 147 Å². The highest BCUT2D eigenvalue weighted by Crippen LogP contribution is 2.14. The molecule has 0 radical (unpaired) electrons. The van der Waals surface area contributed by atoms with Crippen molar-refractivity contribution < 1.29 is 14.3 Å². The van der Waals surface area contributed by atoms with Crippen LogP contribution in [-0.2, 0) is 16.0 Å². The summed E-state index contributed by atoms with van der Waals surface area (Å²) in [6.45, 7) is 5.13. The van der Waals surface area contributed by atoms with Gasteiger partial charge in [0.2, 0.25) is 5.91 Å². The lowest BCUT2D eigenvalue weighted by molar-refractivity contribution is -0.132. The Morgan fingerprint density at radius 2 is 1.67 bits per heavy atom. The van der Waals surface area contributed by atoms with Gasteiger partial charge in [-0.25, -0.2) is 4.79 Å². The van der Waals surface area contributed by atoms with Crippen LogP contribution in [0.5, 0.6) is 0 Å². The Bertz CT molecular complexity index is 535. The SMILES string of the molecule is O=C(CCCc1cccs1)N1CCN(C(=O)N2CCOCC2)CC1. The van der Waals surface area contributed by atoms with Crippen LogP contribution in [0, 0.1) is 0 Å². The van der Waals surface area contributed by atoms with Crippen molar-refractivity contribution in [2.75, 3.05) is 52.5 Å². The summed E-state index contributed by atoms with van der Waals surface area (Å²) in [6.07, 6.45) is 2.46. The first kappa shape index (κ1) is 17.2. The molecule has 0 aliphatic carbocycles. The van der Waals surface area contributed by atoms with Crippen LogP contribution in [0.4, 0.5) is 4.79 Å². The highest BCUT2D eigenvalue weighted by atomic mass is 32.1. The fourth-order valence-corrected chi connectivity index (χ4v) is 3.88. The highest BCUT2D eigenvalue weighted by Gasteiger charge is 2.27. The van der Waals surface area contributed by atoms with Crippen molar-refractivity contribution in [1.82, 2.24) is 14.7 Å². The monoisotopic (exact) mass is 351 g/mol. The van der Waals surface area contributed by atoms with Gasteiger partial charge in [0.05, 0.1) is 13.2 Å². The van der Waals surface area contributed by atoms with E-state index in [9.17, 15) is 9.59 Å². The summed E-state index contributed by atoms with van der Waals surface area (Å²) >= 11 is 1.74. The van der Waals surface area contributed by atoms with E-state index in [4.69, 9.17) is 4.74 Å². The molecule has 24 heavy (non-hydrogen) atoms. The first-order valence-electron chi connectivity index (χ1n) is 8.66. The van der Waals surface area contributed by atoms with E-state index in [1.54, 1.807) is 11.3 Å². The number of amides is 3. The summed E-state index contributed by atoms with van der Waals surface area (Å²) in [7, 11) is 0. The average Bonchev–Trinajstić information content (AvgIpc) is 3.15. The van der Waals surface area contributed by atoms with Crippen LogP contribution in [0.25, 0.3) is 0 Å². The van der Waals surface area contributed by atoms with Gasteiger partial charge in [0.25, 0.3) is 0 Å². The van der Waals surface area contributed by atoms with Crippen LogP contribution < -0.4 is 0 Å². The first-order valence-corrected chi connectivity index (χ1v) is 9.54. The third kappa shape index (κ3) is 4.48. The maximum absolute atomic E-state index is 12.4. The topological polar surface area (TPSA) is 53.1 Å². The number of morpholine rings is 1. The van der Waals surface area contributed by atoms with Gasteiger partial charge in [0.15, 0.2) is 0 Å². The number of aryl methyl sites for hydroxylation is 1. The molecule has 2 fully saturated rings. The second kappa shape index (κ2) is 8.48. The van der Waals surface area contributed by atoms with Gasteiger partial charge in [-0.2, -0.15) is 0 Å². The number of thiophene rings is 1. The van der Waals surface area contributed by atoms with Crippen LogP contribution in [0.1, 0.15) is 17.7 Å². The van der Waals surface area contributed by atoms with Crippen molar-refractivity contribution in [1.29, 1.82) is 0 Å². The lowest BCUT2D eigenvalue weighted by Crippen LogP contribution is -2.55. The van der Waals surface area contributed by atoms with E-state index in [0.717, 1.165) is 12.8 Å². The second-order valence-corrected chi connectivity index (χ2v) is 7.21. The zero-order chi connectivity index (χ0) is 16.8. The van der Waals surface area contributed by atoms with Crippen molar-refractivity contribution in [3.63, 3.8) is 0 Å². The van der Waals surface area contributed by atoms with Crippen molar-refractivity contribution in [3.05, 3.63) is 22.4 Å². The molecule has 0 bridgehead atoms. The minimum absolute atomic E-state index is 0.0862. The molecule has 0 spiro atoms. The standard InChI is InChI=1S/C17H25N3O3S/c21-16(5-1-3-15-4-2-14-24-15)18-6-8-19(9-7-18)17(22)20-10-12-23-13-11-20/h2,4,14H,1,3,5-13H2. The fraction of sp³-hybridized carbons (Fsp3) is 0.647. The Morgan fingerprint density at radius 1 is 1.00 bits per heavy atom. The van der Waals surface area contributed by atoms with Gasteiger partial charge in [0, 0.05) is 50.6 Å². The minimum Gasteiger partial charge on any atom is -0.378 e. The van der Waals surface area contributed by atoms with Gasteiger partial charge in [-0.05, 0) is 24.3 Å².